The fourth-order valence-corrected chi connectivity index (χ4v) is 2.74. The van der Waals surface area contributed by atoms with Crippen LogP contribution in [0.15, 0.2) is 40.9 Å². The molecule has 0 heterocycles. The van der Waals surface area contributed by atoms with E-state index in [4.69, 9.17) is 19.9 Å². The summed E-state index contributed by atoms with van der Waals surface area (Å²) in [6.07, 6.45) is -0.113. The van der Waals surface area contributed by atoms with Gasteiger partial charge in [-0.25, -0.2) is 0 Å². The van der Waals surface area contributed by atoms with Crippen LogP contribution in [0.1, 0.15) is 23.7 Å². The zero-order valence-electron chi connectivity index (χ0n) is 13.8. The molecule has 0 aliphatic rings. The van der Waals surface area contributed by atoms with E-state index in [0.29, 0.717) is 39.4 Å². The molecule has 1 atom stereocenters. The van der Waals surface area contributed by atoms with Crippen LogP contribution in [0.5, 0.6) is 17.2 Å². The van der Waals surface area contributed by atoms with Gasteiger partial charge in [-0.3, -0.25) is 4.79 Å². The van der Waals surface area contributed by atoms with Crippen molar-refractivity contribution in [2.24, 2.45) is 0 Å². The van der Waals surface area contributed by atoms with Gasteiger partial charge in [-0.05, 0) is 58.7 Å². The SMILES string of the molecule is CCC(Oc1ccc(N)cc1)C(=O)c1cc(OC)c(Br)cc1OC. The van der Waals surface area contributed by atoms with Gasteiger partial charge in [0.25, 0.3) is 0 Å². The first-order chi connectivity index (χ1) is 11.5. The lowest BCUT2D eigenvalue weighted by molar-refractivity contribution is 0.0783. The molecule has 0 aliphatic carbocycles. The third-order valence-electron chi connectivity index (χ3n) is 3.56. The summed E-state index contributed by atoms with van der Waals surface area (Å²) >= 11 is 3.39. The van der Waals surface area contributed by atoms with Gasteiger partial charge in [0.1, 0.15) is 17.2 Å². The van der Waals surface area contributed by atoms with Crippen molar-refractivity contribution in [3.63, 3.8) is 0 Å². The number of ketones is 1. The van der Waals surface area contributed by atoms with E-state index in [-0.39, 0.29) is 5.78 Å². The number of halogens is 1. The van der Waals surface area contributed by atoms with Gasteiger partial charge < -0.3 is 19.9 Å². The van der Waals surface area contributed by atoms with Crippen molar-refractivity contribution in [2.45, 2.75) is 19.4 Å². The van der Waals surface area contributed by atoms with Crippen molar-refractivity contribution in [1.82, 2.24) is 0 Å². The average molecular weight is 394 g/mol. The second-order valence-corrected chi connectivity index (χ2v) is 5.99. The van der Waals surface area contributed by atoms with E-state index >= 15 is 0 Å². The molecular formula is C18H20BrNO4. The number of carbonyl (C=O) groups is 1. The zero-order valence-corrected chi connectivity index (χ0v) is 15.4. The molecule has 0 aromatic heterocycles. The number of anilines is 1. The molecule has 5 nitrogen and oxygen atoms in total. The van der Waals surface area contributed by atoms with Gasteiger partial charge in [-0.2, -0.15) is 0 Å². The van der Waals surface area contributed by atoms with Crippen molar-refractivity contribution in [2.75, 3.05) is 20.0 Å². The number of nitrogens with two attached hydrogens (primary N) is 1. The highest BCUT2D eigenvalue weighted by Gasteiger charge is 2.25. The molecular weight excluding hydrogens is 374 g/mol. The summed E-state index contributed by atoms with van der Waals surface area (Å²) in [6, 6.07) is 10.3. The summed E-state index contributed by atoms with van der Waals surface area (Å²) in [6.45, 7) is 1.89. The monoisotopic (exact) mass is 393 g/mol. The van der Waals surface area contributed by atoms with Crippen molar-refractivity contribution in [1.29, 1.82) is 0 Å². The second-order valence-electron chi connectivity index (χ2n) is 5.14. The first kappa shape index (κ1) is 18.1. The highest BCUT2D eigenvalue weighted by atomic mass is 79.9. The summed E-state index contributed by atoms with van der Waals surface area (Å²) in [5.41, 5.74) is 6.72. The van der Waals surface area contributed by atoms with Crippen LogP contribution in [0.4, 0.5) is 5.69 Å². The van der Waals surface area contributed by atoms with Crippen LogP contribution in [0.25, 0.3) is 0 Å². The Kier molecular flexibility index (Phi) is 6.09. The molecule has 0 bridgehead atoms. The van der Waals surface area contributed by atoms with E-state index in [9.17, 15) is 4.79 Å². The number of hydrogen-bond donors (Lipinski definition) is 1. The maximum Gasteiger partial charge on any atom is 0.207 e. The van der Waals surface area contributed by atoms with Crippen LogP contribution in [0.2, 0.25) is 0 Å². The fraction of sp³-hybridized carbons (Fsp3) is 0.278. The molecule has 6 heteroatoms. The summed E-state index contributed by atoms with van der Waals surface area (Å²) in [4.78, 5) is 12.9. The predicted octanol–water partition coefficient (Wildman–Crippen LogP) is 4.09. The van der Waals surface area contributed by atoms with Gasteiger partial charge in [0, 0.05) is 5.69 Å². The van der Waals surface area contributed by atoms with Gasteiger partial charge in [0.05, 0.1) is 24.3 Å². The molecule has 2 aromatic rings. The number of benzene rings is 2. The van der Waals surface area contributed by atoms with Crippen molar-refractivity contribution >= 4 is 27.4 Å². The van der Waals surface area contributed by atoms with E-state index in [1.807, 2.05) is 6.92 Å². The predicted molar refractivity (Wildman–Crippen MR) is 97.1 cm³/mol. The number of carbonyl (C=O) groups excluding carboxylic acids is 1. The first-order valence-electron chi connectivity index (χ1n) is 7.48. The Labute approximate surface area is 149 Å². The lowest BCUT2D eigenvalue weighted by Crippen LogP contribution is -2.27. The largest absolute Gasteiger partial charge is 0.496 e. The smallest absolute Gasteiger partial charge is 0.207 e. The van der Waals surface area contributed by atoms with Crippen LogP contribution in [0, 0.1) is 0 Å². The molecule has 0 saturated heterocycles. The first-order valence-corrected chi connectivity index (χ1v) is 8.27. The number of hydrogen-bond acceptors (Lipinski definition) is 5. The third kappa shape index (κ3) is 4.00. The molecule has 0 amide bonds. The van der Waals surface area contributed by atoms with Crippen molar-refractivity contribution < 1.29 is 19.0 Å². The number of nitrogen functional groups attached to an aromatic ring is 1. The highest BCUT2D eigenvalue weighted by Crippen LogP contribution is 2.34. The van der Waals surface area contributed by atoms with E-state index in [0.717, 1.165) is 0 Å². The normalized spacial score (nSPS) is 11.7. The Hall–Kier alpha value is -2.21. The standard InChI is InChI=1S/C18H20BrNO4/c1-4-15(24-12-7-5-11(20)6-8-12)18(21)13-9-17(23-3)14(19)10-16(13)22-2/h5-10,15H,4,20H2,1-3H3. The number of Topliss-reactive ketones (excluding diaryl/α,β-unsaturated/α-hetero) is 1. The number of methoxy groups -OCH3 is 2. The molecule has 0 spiro atoms. The Morgan fingerprint density at radius 2 is 1.75 bits per heavy atom. The molecule has 2 aromatic carbocycles. The topological polar surface area (TPSA) is 70.8 Å². The number of rotatable bonds is 7. The van der Waals surface area contributed by atoms with Crippen LogP contribution >= 0.6 is 15.9 Å². The van der Waals surface area contributed by atoms with Crippen LogP contribution in [-0.4, -0.2) is 26.1 Å². The maximum atomic E-state index is 12.9. The van der Waals surface area contributed by atoms with E-state index in [1.165, 1.54) is 7.11 Å². The molecule has 0 radical (unpaired) electrons. The molecule has 0 aliphatic heterocycles. The minimum absolute atomic E-state index is 0.169. The summed E-state index contributed by atoms with van der Waals surface area (Å²) in [7, 11) is 3.07. The fourth-order valence-electron chi connectivity index (χ4n) is 2.26. The van der Waals surface area contributed by atoms with E-state index < -0.39 is 6.10 Å². The molecule has 1 unspecified atom stereocenters. The molecule has 24 heavy (non-hydrogen) atoms. The van der Waals surface area contributed by atoms with Crippen LogP contribution < -0.4 is 19.9 Å². The van der Waals surface area contributed by atoms with Gasteiger partial charge in [0.2, 0.25) is 5.78 Å². The van der Waals surface area contributed by atoms with Gasteiger partial charge in [0.15, 0.2) is 6.10 Å². The Morgan fingerprint density at radius 3 is 2.29 bits per heavy atom. The minimum Gasteiger partial charge on any atom is -0.496 e. The lowest BCUT2D eigenvalue weighted by Gasteiger charge is -2.19. The Morgan fingerprint density at radius 1 is 1.12 bits per heavy atom. The van der Waals surface area contributed by atoms with E-state index in [1.54, 1.807) is 43.5 Å². The third-order valence-corrected chi connectivity index (χ3v) is 4.18. The van der Waals surface area contributed by atoms with Gasteiger partial charge in [-0.15, -0.1) is 0 Å². The zero-order chi connectivity index (χ0) is 17.7. The van der Waals surface area contributed by atoms with Crippen molar-refractivity contribution in [3.8, 4) is 17.2 Å². The maximum absolute atomic E-state index is 12.9. The molecule has 2 rings (SSSR count). The summed E-state index contributed by atoms with van der Waals surface area (Å²) in [5, 5.41) is 0. The highest BCUT2D eigenvalue weighted by molar-refractivity contribution is 9.10. The van der Waals surface area contributed by atoms with Gasteiger partial charge in [-0.1, -0.05) is 6.92 Å². The molecule has 0 saturated carbocycles. The number of ether oxygens (including phenoxy) is 3. The lowest BCUT2D eigenvalue weighted by atomic mass is 10.0. The minimum atomic E-state index is -0.631. The Bertz CT molecular complexity index is 716. The van der Waals surface area contributed by atoms with E-state index in [2.05, 4.69) is 15.9 Å². The molecule has 0 fully saturated rings. The quantitative estimate of drug-likeness (QED) is 0.566. The molecule has 128 valence electrons. The van der Waals surface area contributed by atoms with Crippen LogP contribution in [-0.2, 0) is 0 Å². The summed E-state index contributed by atoms with van der Waals surface area (Å²) in [5.74, 6) is 1.44. The molecule has 2 N–H and O–H groups in total. The van der Waals surface area contributed by atoms with Crippen LogP contribution in [0.3, 0.4) is 0 Å². The van der Waals surface area contributed by atoms with Gasteiger partial charge >= 0.3 is 0 Å². The second kappa shape index (κ2) is 8.06. The summed E-state index contributed by atoms with van der Waals surface area (Å²) < 4.78 is 17.1. The van der Waals surface area contributed by atoms with Crippen molar-refractivity contribution in [3.05, 3.63) is 46.4 Å². The average Bonchev–Trinajstić information content (AvgIpc) is 2.60. The Balaban J connectivity index is 2.32.